The van der Waals surface area contributed by atoms with E-state index in [-0.39, 0.29) is 16.6 Å². The number of amides is 1. The minimum Gasteiger partial charge on any atom is -0.345 e. The van der Waals surface area contributed by atoms with Crippen molar-refractivity contribution in [2.75, 3.05) is 44.7 Å². The highest BCUT2D eigenvalue weighted by Gasteiger charge is 2.65. The summed E-state index contributed by atoms with van der Waals surface area (Å²) in [6, 6.07) is 1.79. The lowest BCUT2D eigenvalue weighted by Crippen LogP contribution is -2.53. The number of carbonyl (C=O) groups is 1. The summed E-state index contributed by atoms with van der Waals surface area (Å²) in [5.41, 5.74) is -0.681. The maximum absolute atomic E-state index is 13.3. The molecule has 28 heavy (non-hydrogen) atoms. The number of anilines is 1. The highest BCUT2D eigenvalue weighted by atomic mass is 32.2. The van der Waals surface area contributed by atoms with E-state index in [4.69, 9.17) is 0 Å². The third-order valence-corrected chi connectivity index (χ3v) is 9.82. The van der Waals surface area contributed by atoms with Gasteiger partial charge in [-0.25, -0.2) is 22.7 Å². The van der Waals surface area contributed by atoms with Crippen molar-refractivity contribution in [2.24, 2.45) is 10.8 Å². The number of hydrogen-bond acceptors (Lipinski definition) is 6. The van der Waals surface area contributed by atoms with Crippen LogP contribution in [0.2, 0.25) is 0 Å². The zero-order chi connectivity index (χ0) is 19.6. The molecule has 0 aromatic carbocycles. The first-order chi connectivity index (χ1) is 13.4. The summed E-state index contributed by atoms with van der Waals surface area (Å²) in [4.78, 5) is 26.1. The first kappa shape index (κ1) is 18.3. The molecule has 1 aromatic rings. The molecule has 2 spiro atoms. The minimum absolute atomic E-state index is 0.174. The summed E-state index contributed by atoms with van der Waals surface area (Å²) in [7, 11) is -1.29. The average Bonchev–Trinajstić information content (AvgIpc) is 3.47. The number of aromatic nitrogens is 2. The zero-order valence-electron chi connectivity index (χ0n) is 16.2. The summed E-state index contributed by atoms with van der Waals surface area (Å²) < 4.78 is 27.0. The van der Waals surface area contributed by atoms with E-state index < -0.39 is 15.4 Å². The van der Waals surface area contributed by atoms with E-state index in [9.17, 15) is 13.2 Å². The van der Waals surface area contributed by atoms with Gasteiger partial charge >= 0.3 is 0 Å². The lowest BCUT2D eigenvalue weighted by atomic mass is 9.60. The van der Waals surface area contributed by atoms with Gasteiger partial charge in [-0.05, 0) is 38.2 Å². The van der Waals surface area contributed by atoms with Crippen molar-refractivity contribution in [3.8, 4) is 0 Å². The first-order valence-corrected chi connectivity index (χ1v) is 11.6. The largest absolute Gasteiger partial charge is 0.345 e. The smallest absolute Gasteiger partial charge is 0.231 e. The summed E-state index contributed by atoms with van der Waals surface area (Å²) in [6.45, 7) is 3.12. The standard InChI is InChI=1S/C19H27N5O3S/c1-22-10-7-19(16(22)25)14-23(17-20-8-2-9-21-17)13-18(19)5-11-24(12-6-18)28(26,27)15-3-4-15/h2,8-9,15H,3-7,10-14H2,1H3/t19-/m1/s1. The Morgan fingerprint density at radius 3 is 2.29 bits per heavy atom. The molecule has 1 saturated carbocycles. The van der Waals surface area contributed by atoms with Gasteiger partial charge < -0.3 is 9.80 Å². The Hall–Kier alpha value is -1.74. The van der Waals surface area contributed by atoms with Crippen LogP contribution < -0.4 is 4.90 Å². The number of fused-ring (bicyclic) bond motifs is 1. The van der Waals surface area contributed by atoms with Gasteiger partial charge in [0.1, 0.15) is 0 Å². The molecular weight excluding hydrogens is 378 g/mol. The van der Waals surface area contributed by atoms with Crippen LogP contribution >= 0.6 is 0 Å². The molecule has 5 rings (SSSR count). The van der Waals surface area contributed by atoms with E-state index in [1.165, 1.54) is 0 Å². The lowest BCUT2D eigenvalue weighted by molar-refractivity contribution is -0.140. The van der Waals surface area contributed by atoms with Crippen molar-refractivity contribution in [3.63, 3.8) is 0 Å². The van der Waals surface area contributed by atoms with Crippen LogP contribution in [0.1, 0.15) is 32.1 Å². The molecule has 0 N–H and O–H groups in total. The first-order valence-electron chi connectivity index (χ1n) is 10.1. The van der Waals surface area contributed by atoms with Gasteiger partial charge in [0, 0.05) is 57.6 Å². The van der Waals surface area contributed by atoms with Crippen LogP contribution in [-0.2, 0) is 14.8 Å². The van der Waals surface area contributed by atoms with Crippen LogP contribution in [0.4, 0.5) is 5.95 Å². The van der Waals surface area contributed by atoms with E-state index in [1.54, 1.807) is 22.8 Å². The molecule has 3 saturated heterocycles. The molecule has 4 fully saturated rings. The number of piperidine rings is 1. The Bertz CT molecular complexity index is 880. The van der Waals surface area contributed by atoms with Crippen molar-refractivity contribution >= 4 is 21.9 Å². The van der Waals surface area contributed by atoms with Crippen LogP contribution in [0, 0.1) is 10.8 Å². The van der Waals surface area contributed by atoms with E-state index in [1.807, 2.05) is 11.9 Å². The van der Waals surface area contributed by atoms with Crippen molar-refractivity contribution < 1.29 is 13.2 Å². The summed E-state index contributed by atoms with van der Waals surface area (Å²) in [5.74, 6) is 0.860. The second-order valence-electron chi connectivity index (χ2n) is 8.89. The Balaban J connectivity index is 1.45. The Kier molecular flexibility index (Phi) is 4.00. The van der Waals surface area contributed by atoms with Crippen molar-refractivity contribution in [2.45, 2.75) is 37.4 Å². The van der Waals surface area contributed by atoms with Crippen molar-refractivity contribution in [1.82, 2.24) is 19.2 Å². The summed E-state index contributed by atoms with van der Waals surface area (Å²) >= 11 is 0. The van der Waals surface area contributed by atoms with E-state index in [2.05, 4.69) is 14.9 Å². The normalized spacial score (nSPS) is 30.7. The Morgan fingerprint density at radius 1 is 1.04 bits per heavy atom. The molecule has 152 valence electrons. The van der Waals surface area contributed by atoms with Gasteiger partial charge in [0.05, 0.1) is 10.7 Å². The van der Waals surface area contributed by atoms with Gasteiger partial charge in [0.15, 0.2) is 0 Å². The second kappa shape index (κ2) is 6.13. The number of likely N-dealkylation sites (tertiary alicyclic amines) is 1. The van der Waals surface area contributed by atoms with E-state index in [0.717, 1.165) is 38.6 Å². The topological polar surface area (TPSA) is 86.7 Å². The molecule has 0 radical (unpaired) electrons. The van der Waals surface area contributed by atoms with Gasteiger partial charge in [-0.15, -0.1) is 0 Å². The van der Waals surface area contributed by atoms with Crippen LogP contribution in [0.3, 0.4) is 0 Å². The predicted molar refractivity (Wildman–Crippen MR) is 104 cm³/mol. The molecule has 1 amide bonds. The Labute approximate surface area is 166 Å². The number of rotatable bonds is 3. The number of nitrogens with zero attached hydrogens (tertiary/aromatic N) is 5. The zero-order valence-corrected chi connectivity index (χ0v) is 17.1. The third-order valence-electron chi connectivity index (χ3n) is 7.42. The van der Waals surface area contributed by atoms with Gasteiger partial charge in [-0.1, -0.05) is 0 Å². The second-order valence-corrected chi connectivity index (χ2v) is 11.1. The number of hydrogen-bond donors (Lipinski definition) is 0. The van der Waals surface area contributed by atoms with Crippen molar-refractivity contribution in [3.05, 3.63) is 18.5 Å². The van der Waals surface area contributed by atoms with Gasteiger partial charge in [-0.3, -0.25) is 4.79 Å². The number of sulfonamides is 1. The van der Waals surface area contributed by atoms with Crippen LogP contribution in [0.25, 0.3) is 0 Å². The summed E-state index contributed by atoms with van der Waals surface area (Å²) in [6.07, 6.45) is 7.30. The molecule has 4 aliphatic rings. The molecule has 9 heteroatoms. The molecular formula is C19H27N5O3S. The maximum atomic E-state index is 13.3. The summed E-state index contributed by atoms with van der Waals surface area (Å²) in [5, 5.41) is -0.174. The molecule has 1 atom stereocenters. The fourth-order valence-electron chi connectivity index (χ4n) is 5.62. The Morgan fingerprint density at radius 2 is 1.71 bits per heavy atom. The molecule has 0 unspecified atom stereocenters. The van der Waals surface area contributed by atoms with Crippen LogP contribution in [0.15, 0.2) is 18.5 Å². The van der Waals surface area contributed by atoms with Gasteiger partial charge in [0.25, 0.3) is 0 Å². The SMILES string of the molecule is CN1CC[C@@]2(CN(c3ncccn3)CC23CCN(S(=O)(=O)C2CC2)CC3)C1=O. The lowest BCUT2D eigenvalue weighted by Gasteiger charge is -2.46. The quantitative estimate of drug-likeness (QED) is 0.737. The van der Waals surface area contributed by atoms with Gasteiger partial charge in [-0.2, -0.15) is 0 Å². The van der Waals surface area contributed by atoms with E-state index >= 15 is 0 Å². The van der Waals surface area contributed by atoms with Crippen LogP contribution in [0.5, 0.6) is 0 Å². The predicted octanol–water partition coefficient (Wildman–Crippen LogP) is 0.720. The monoisotopic (exact) mass is 405 g/mol. The highest BCUT2D eigenvalue weighted by molar-refractivity contribution is 7.90. The molecule has 3 aliphatic heterocycles. The maximum Gasteiger partial charge on any atom is 0.231 e. The van der Waals surface area contributed by atoms with Crippen LogP contribution in [-0.4, -0.2) is 78.5 Å². The molecule has 1 aromatic heterocycles. The average molecular weight is 406 g/mol. The highest BCUT2D eigenvalue weighted by Crippen LogP contribution is 2.58. The van der Waals surface area contributed by atoms with Crippen molar-refractivity contribution in [1.29, 1.82) is 0 Å². The van der Waals surface area contributed by atoms with E-state index in [0.29, 0.717) is 32.1 Å². The molecule has 4 heterocycles. The third kappa shape index (κ3) is 2.51. The molecule has 0 bridgehead atoms. The number of carbonyl (C=O) groups excluding carboxylic acids is 1. The molecule has 8 nitrogen and oxygen atoms in total. The fraction of sp³-hybridized carbons (Fsp3) is 0.737. The molecule has 1 aliphatic carbocycles. The fourth-order valence-corrected chi connectivity index (χ4v) is 7.46. The minimum atomic E-state index is -3.16. The van der Waals surface area contributed by atoms with Gasteiger partial charge in [0.2, 0.25) is 21.9 Å².